The Bertz CT molecular complexity index is 438. The predicted molar refractivity (Wildman–Crippen MR) is 53.9 cm³/mol. The van der Waals surface area contributed by atoms with E-state index in [1.165, 1.54) is 0 Å². The number of hydrogen-bond acceptors (Lipinski definition) is 4. The van der Waals surface area contributed by atoms with Gasteiger partial charge in [-0.25, -0.2) is 0 Å². The van der Waals surface area contributed by atoms with E-state index in [2.05, 4.69) is 0 Å². The maximum absolute atomic E-state index is 11.7. The third kappa shape index (κ3) is 2.37. The lowest BCUT2D eigenvalue weighted by Gasteiger charge is -2.07. The lowest BCUT2D eigenvalue weighted by atomic mass is 10.2. The van der Waals surface area contributed by atoms with Gasteiger partial charge in [0.1, 0.15) is 0 Å². The summed E-state index contributed by atoms with van der Waals surface area (Å²) in [4.78, 5) is 0.215. The smallest absolute Gasteiger partial charge is 0.297 e. The molecule has 0 saturated carbocycles. The summed E-state index contributed by atoms with van der Waals surface area (Å²) in [5, 5.41) is 0. The summed E-state index contributed by atoms with van der Waals surface area (Å²) in [7, 11) is -3.61. The van der Waals surface area contributed by atoms with Crippen LogP contribution in [0.1, 0.15) is 12.0 Å². The Morgan fingerprint density at radius 1 is 1.13 bits per heavy atom. The Kier molecular flexibility index (Phi) is 3.04. The second-order valence-corrected chi connectivity index (χ2v) is 4.87. The van der Waals surface area contributed by atoms with Crippen LogP contribution < -0.4 is 0 Å². The summed E-state index contributed by atoms with van der Waals surface area (Å²) in [6.45, 7) is 1.01. The van der Waals surface area contributed by atoms with Crippen molar-refractivity contribution in [2.45, 2.75) is 17.9 Å². The number of rotatable bonds is 0. The first-order chi connectivity index (χ1) is 7.20. The number of hydrogen-bond donors (Lipinski definition) is 0. The zero-order chi connectivity index (χ0) is 10.7. The van der Waals surface area contributed by atoms with Gasteiger partial charge in [0.05, 0.1) is 18.1 Å². The Balaban J connectivity index is 2.46. The van der Waals surface area contributed by atoms with Crippen molar-refractivity contribution in [2.24, 2.45) is 0 Å². The van der Waals surface area contributed by atoms with E-state index < -0.39 is 10.1 Å². The molecule has 0 fully saturated rings. The molecule has 0 atom stereocenters. The first-order valence-corrected chi connectivity index (χ1v) is 6.16. The molecule has 1 aliphatic heterocycles. The van der Waals surface area contributed by atoms with Crippen LogP contribution in [0.4, 0.5) is 0 Å². The van der Waals surface area contributed by atoms with Crippen LogP contribution in [0.5, 0.6) is 0 Å². The van der Waals surface area contributed by atoms with Gasteiger partial charge in [-0.1, -0.05) is 18.2 Å². The van der Waals surface area contributed by atoms with Crippen molar-refractivity contribution in [1.82, 2.24) is 0 Å². The predicted octanol–water partition coefficient (Wildman–Crippen LogP) is 1.31. The molecule has 82 valence electrons. The number of fused-ring (bicyclic) bond motifs is 1. The van der Waals surface area contributed by atoms with Crippen LogP contribution >= 0.6 is 0 Å². The quantitative estimate of drug-likeness (QED) is 0.628. The third-order valence-electron chi connectivity index (χ3n) is 2.17. The molecule has 0 bridgehead atoms. The van der Waals surface area contributed by atoms with E-state index in [0.717, 1.165) is 0 Å². The average molecular weight is 228 g/mol. The van der Waals surface area contributed by atoms with Gasteiger partial charge in [0.25, 0.3) is 10.1 Å². The van der Waals surface area contributed by atoms with Gasteiger partial charge in [-0.2, -0.15) is 8.42 Å². The third-order valence-corrected chi connectivity index (χ3v) is 3.58. The SMILES string of the molecule is O=S1(=O)OCCCOCc2ccccc21. The molecule has 2 rings (SSSR count). The summed E-state index contributed by atoms with van der Waals surface area (Å²) in [5.74, 6) is 0. The zero-order valence-corrected chi connectivity index (χ0v) is 9.00. The average Bonchev–Trinajstić information content (AvgIpc) is 2.29. The van der Waals surface area contributed by atoms with Gasteiger partial charge in [0.15, 0.2) is 0 Å². The molecule has 4 nitrogen and oxygen atoms in total. The van der Waals surface area contributed by atoms with Crippen molar-refractivity contribution in [3.63, 3.8) is 0 Å². The second kappa shape index (κ2) is 4.30. The fourth-order valence-corrected chi connectivity index (χ4v) is 2.60. The highest BCUT2D eigenvalue weighted by Crippen LogP contribution is 2.20. The molecule has 0 radical (unpaired) electrons. The molecule has 0 amide bonds. The summed E-state index contributed by atoms with van der Waals surface area (Å²) < 4.78 is 33.6. The van der Waals surface area contributed by atoms with Crippen molar-refractivity contribution in [3.05, 3.63) is 29.8 Å². The fourth-order valence-electron chi connectivity index (χ4n) is 1.44. The van der Waals surface area contributed by atoms with Crippen LogP contribution in [0.15, 0.2) is 29.2 Å². The van der Waals surface area contributed by atoms with Crippen molar-refractivity contribution in [1.29, 1.82) is 0 Å². The molecule has 5 heteroatoms. The molecular formula is C10H12O4S. The Hall–Kier alpha value is -0.910. The molecule has 1 heterocycles. The summed E-state index contributed by atoms with van der Waals surface area (Å²) in [5.41, 5.74) is 0.652. The van der Waals surface area contributed by atoms with E-state index in [4.69, 9.17) is 8.92 Å². The topological polar surface area (TPSA) is 52.6 Å². The summed E-state index contributed by atoms with van der Waals surface area (Å²) in [6.07, 6.45) is 0.590. The van der Waals surface area contributed by atoms with Crippen molar-refractivity contribution in [2.75, 3.05) is 13.2 Å². The van der Waals surface area contributed by atoms with Gasteiger partial charge >= 0.3 is 0 Å². The first kappa shape index (κ1) is 10.6. The highest BCUT2D eigenvalue weighted by Gasteiger charge is 2.20. The Labute approximate surface area is 88.9 Å². The van der Waals surface area contributed by atoms with Crippen LogP contribution in [-0.2, 0) is 25.6 Å². The molecule has 0 saturated heterocycles. The molecule has 1 aromatic carbocycles. The van der Waals surface area contributed by atoms with Crippen LogP contribution in [0, 0.1) is 0 Å². The summed E-state index contributed by atoms with van der Waals surface area (Å²) >= 11 is 0. The molecule has 15 heavy (non-hydrogen) atoms. The number of benzene rings is 1. The van der Waals surface area contributed by atoms with E-state index >= 15 is 0 Å². The largest absolute Gasteiger partial charge is 0.377 e. The van der Waals surface area contributed by atoms with Gasteiger partial charge in [0.2, 0.25) is 0 Å². The van der Waals surface area contributed by atoms with E-state index in [1.54, 1.807) is 24.3 Å². The summed E-state index contributed by atoms with van der Waals surface area (Å²) in [6, 6.07) is 6.74. The van der Waals surface area contributed by atoms with E-state index in [1.807, 2.05) is 0 Å². The standard InChI is InChI=1S/C10H12O4S/c11-15(12)10-5-2-1-4-9(10)8-13-6-3-7-14-15/h1-2,4-5H,3,6-8H2. The van der Waals surface area contributed by atoms with Crippen LogP contribution in [0.25, 0.3) is 0 Å². The highest BCUT2D eigenvalue weighted by molar-refractivity contribution is 7.86. The van der Waals surface area contributed by atoms with Gasteiger partial charge in [-0.3, -0.25) is 4.18 Å². The highest BCUT2D eigenvalue weighted by atomic mass is 32.2. The van der Waals surface area contributed by atoms with Crippen molar-refractivity contribution >= 4 is 10.1 Å². The molecule has 0 unspecified atom stereocenters. The van der Waals surface area contributed by atoms with E-state index in [-0.39, 0.29) is 11.5 Å². The zero-order valence-electron chi connectivity index (χ0n) is 8.18. The Morgan fingerprint density at radius 2 is 1.93 bits per heavy atom. The normalized spacial score (nSPS) is 20.8. The monoisotopic (exact) mass is 228 g/mol. The Morgan fingerprint density at radius 3 is 2.80 bits per heavy atom. The molecule has 0 aliphatic carbocycles. The van der Waals surface area contributed by atoms with Crippen LogP contribution in [0.2, 0.25) is 0 Å². The number of ether oxygens (including phenoxy) is 1. The van der Waals surface area contributed by atoms with Crippen molar-refractivity contribution in [3.8, 4) is 0 Å². The maximum atomic E-state index is 11.7. The van der Waals surface area contributed by atoms with Crippen LogP contribution in [0.3, 0.4) is 0 Å². The molecular weight excluding hydrogens is 216 g/mol. The first-order valence-electron chi connectivity index (χ1n) is 4.75. The van der Waals surface area contributed by atoms with Crippen molar-refractivity contribution < 1.29 is 17.3 Å². The minimum Gasteiger partial charge on any atom is -0.377 e. The van der Waals surface area contributed by atoms with Gasteiger partial charge in [0, 0.05) is 6.61 Å². The van der Waals surface area contributed by atoms with E-state index in [9.17, 15) is 8.42 Å². The van der Waals surface area contributed by atoms with Crippen LogP contribution in [-0.4, -0.2) is 21.6 Å². The molecule has 0 aromatic heterocycles. The lowest BCUT2D eigenvalue weighted by Crippen LogP contribution is -2.08. The lowest BCUT2D eigenvalue weighted by molar-refractivity contribution is 0.110. The minimum atomic E-state index is -3.61. The molecule has 1 aliphatic rings. The maximum Gasteiger partial charge on any atom is 0.297 e. The van der Waals surface area contributed by atoms with E-state index in [0.29, 0.717) is 25.2 Å². The molecule has 0 spiro atoms. The van der Waals surface area contributed by atoms with Gasteiger partial charge in [-0.15, -0.1) is 0 Å². The molecule has 1 aromatic rings. The second-order valence-electron chi connectivity index (χ2n) is 3.29. The molecule has 0 N–H and O–H groups in total. The van der Waals surface area contributed by atoms with Gasteiger partial charge in [-0.05, 0) is 18.1 Å². The minimum absolute atomic E-state index is 0.177. The fraction of sp³-hybridized carbons (Fsp3) is 0.400. The van der Waals surface area contributed by atoms with Gasteiger partial charge < -0.3 is 4.74 Å².